The largest absolute Gasteiger partial charge is 0.484 e. The maximum Gasteiger partial charge on any atom is 0.422 e. The average Bonchev–Trinajstić information content (AvgIpc) is 3.18. The molecule has 0 saturated carbocycles. The highest BCUT2D eigenvalue weighted by molar-refractivity contribution is 5.61. The number of halogens is 3. The van der Waals surface area contributed by atoms with E-state index in [4.69, 9.17) is 4.74 Å². The topological polar surface area (TPSA) is 72.8 Å². The second-order valence-corrected chi connectivity index (χ2v) is 6.28. The number of aromatic nitrogens is 4. The van der Waals surface area contributed by atoms with E-state index in [9.17, 15) is 18.0 Å². The molecular formula is C19H19F3N4O2. The Hall–Kier alpha value is -3.10. The molecule has 0 aliphatic heterocycles. The van der Waals surface area contributed by atoms with Gasteiger partial charge in [-0.1, -0.05) is 6.92 Å². The van der Waals surface area contributed by atoms with Crippen LogP contribution in [0, 0.1) is 6.92 Å². The molecule has 6 nitrogen and oxygen atoms in total. The number of ether oxygens (including phenoxy) is 1. The van der Waals surface area contributed by atoms with Crippen LogP contribution in [-0.2, 0) is 6.42 Å². The smallest absolute Gasteiger partial charge is 0.422 e. The zero-order chi connectivity index (χ0) is 20.3. The molecule has 3 aromatic rings. The van der Waals surface area contributed by atoms with Crippen LogP contribution < -0.4 is 10.3 Å². The van der Waals surface area contributed by atoms with E-state index in [1.165, 1.54) is 16.7 Å². The molecule has 9 heteroatoms. The Morgan fingerprint density at radius 1 is 1.21 bits per heavy atom. The third kappa shape index (κ3) is 4.24. The van der Waals surface area contributed by atoms with Gasteiger partial charge in [-0.3, -0.25) is 14.5 Å². The first-order chi connectivity index (χ1) is 13.3. The standard InChI is InChI=1S/C19H19F3N4O2/c1-3-4-16-25-17(13-9-23-24-10-13)12(2)18(27)26(16)14-5-7-15(8-6-14)28-11-19(20,21)22/h5-10H,3-4,11H2,1-2H3,(H,23,24). The van der Waals surface area contributed by atoms with E-state index in [1.54, 1.807) is 31.5 Å². The third-order valence-electron chi connectivity index (χ3n) is 4.12. The predicted octanol–water partition coefficient (Wildman–Crippen LogP) is 3.82. The highest BCUT2D eigenvalue weighted by Gasteiger charge is 2.28. The summed E-state index contributed by atoms with van der Waals surface area (Å²) in [7, 11) is 0. The Bertz CT molecular complexity index is 994. The van der Waals surface area contributed by atoms with Crippen LogP contribution in [0.5, 0.6) is 5.75 Å². The van der Waals surface area contributed by atoms with Crippen LogP contribution >= 0.6 is 0 Å². The van der Waals surface area contributed by atoms with E-state index in [2.05, 4.69) is 15.2 Å². The zero-order valence-electron chi connectivity index (χ0n) is 15.4. The fraction of sp³-hybridized carbons (Fsp3) is 0.316. The first-order valence-electron chi connectivity index (χ1n) is 8.72. The van der Waals surface area contributed by atoms with E-state index in [1.807, 2.05) is 6.92 Å². The minimum atomic E-state index is -4.41. The lowest BCUT2D eigenvalue weighted by molar-refractivity contribution is -0.153. The summed E-state index contributed by atoms with van der Waals surface area (Å²) in [6.45, 7) is 2.29. The molecule has 0 fully saturated rings. The first-order valence-corrected chi connectivity index (χ1v) is 8.72. The number of rotatable bonds is 6. The van der Waals surface area contributed by atoms with Crippen LogP contribution in [0.25, 0.3) is 16.9 Å². The van der Waals surface area contributed by atoms with Gasteiger partial charge in [-0.25, -0.2) is 4.98 Å². The molecule has 0 saturated heterocycles. The number of nitrogens with one attached hydrogen (secondary N) is 1. The molecule has 0 atom stereocenters. The molecule has 1 N–H and O–H groups in total. The molecule has 0 radical (unpaired) electrons. The lowest BCUT2D eigenvalue weighted by atomic mass is 10.1. The van der Waals surface area contributed by atoms with Crippen molar-refractivity contribution >= 4 is 0 Å². The Morgan fingerprint density at radius 2 is 1.93 bits per heavy atom. The van der Waals surface area contributed by atoms with Gasteiger partial charge >= 0.3 is 6.18 Å². The van der Waals surface area contributed by atoms with Gasteiger partial charge in [-0.15, -0.1) is 0 Å². The summed E-state index contributed by atoms with van der Waals surface area (Å²) in [5, 5.41) is 6.61. The van der Waals surface area contributed by atoms with Crippen molar-refractivity contribution in [3.05, 3.63) is 58.4 Å². The SMILES string of the molecule is CCCc1nc(-c2cn[nH]c2)c(C)c(=O)n1-c1ccc(OCC(F)(F)F)cc1. The van der Waals surface area contributed by atoms with E-state index in [0.717, 1.165) is 12.0 Å². The molecule has 0 aliphatic rings. The zero-order valence-corrected chi connectivity index (χ0v) is 15.4. The Kier molecular flexibility index (Phi) is 5.53. The summed E-state index contributed by atoms with van der Waals surface area (Å²) in [5.41, 5.74) is 2.01. The summed E-state index contributed by atoms with van der Waals surface area (Å²) in [6, 6.07) is 5.90. The lowest BCUT2D eigenvalue weighted by Gasteiger charge is -2.16. The molecule has 2 heterocycles. The summed E-state index contributed by atoms with van der Waals surface area (Å²) in [6.07, 6.45) is 0.191. The normalized spacial score (nSPS) is 11.6. The quantitative estimate of drug-likeness (QED) is 0.692. The maximum absolute atomic E-state index is 13.0. The molecule has 28 heavy (non-hydrogen) atoms. The number of aromatic amines is 1. The molecule has 0 spiro atoms. The Morgan fingerprint density at radius 3 is 2.50 bits per heavy atom. The van der Waals surface area contributed by atoms with Crippen molar-refractivity contribution in [2.45, 2.75) is 32.9 Å². The number of nitrogens with zero attached hydrogens (tertiary/aromatic N) is 3. The van der Waals surface area contributed by atoms with Gasteiger partial charge in [0.15, 0.2) is 6.61 Å². The Labute approximate surface area is 159 Å². The van der Waals surface area contributed by atoms with Crippen molar-refractivity contribution in [2.24, 2.45) is 0 Å². The van der Waals surface area contributed by atoms with E-state index < -0.39 is 12.8 Å². The molecular weight excluding hydrogens is 373 g/mol. The molecule has 148 valence electrons. The van der Waals surface area contributed by atoms with Gasteiger partial charge in [-0.05, 0) is 37.6 Å². The van der Waals surface area contributed by atoms with Gasteiger partial charge in [0.2, 0.25) is 0 Å². The highest BCUT2D eigenvalue weighted by Crippen LogP contribution is 2.22. The van der Waals surface area contributed by atoms with Crippen molar-refractivity contribution in [1.82, 2.24) is 19.7 Å². The second kappa shape index (κ2) is 7.87. The predicted molar refractivity (Wildman–Crippen MR) is 97.7 cm³/mol. The molecule has 2 aromatic heterocycles. The van der Waals surface area contributed by atoms with Crippen molar-refractivity contribution in [2.75, 3.05) is 6.61 Å². The summed E-state index contributed by atoms with van der Waals surface area (Å²) >= 11 is 0. The van der Waals surface area contributed by atoms with Crippen molar-refractivity contribution < 1.29 is 17.9 Å². The van der Waals surface area contributed by atoms with E-state index in [-0.39, 0.29) is 11.3 Å². The highest BCUT2D eigenvalue weighted by atomic mass is 19.4. The van der Waals surface area contributed by atoms with Gasteiger partial charge < -0.3 is 4.74 Å². The van der Waals surface area contributed by atoms with Crippen LogP contribution in [0.4, 0.5) is 13.2 Å². The summed E-state index contributed by atoms with van der Waals surface area (Å²) in [4.78, 5) is 17.7. The molecule has 0 amide bonds. The summed E-state index contributed by atoms with van der Waals surface area (Å²) < 4.78 is 43.1. The maximum atomic E-state index is 13.0. The number of H-pyrrole nitrogens is 1. The van der Waals surface area contributed by atoms with Crippen LogP contribution in [0.15, 0.2) is 41.5 Å². The number of hydrogen-bond acceptors (Lipinski definition) is 4. The van der Waals surface area contributed by atoms with E-state index >= 15 is 0 Å². The summed E-state index contributed by atoms with van der Waals surface area (Å²) in [5.74, 6) is 0.643. The number of benzene rings is 1. The van der Waals surface area contributed by atoms with Gasteiger partial charge in [0.05, 0.1) is 17.6 Å². The minimum absolute atomic E-state index is 0.0749. The third-order valence-corrected chi connectivity index (χ3v) is 4.12. The van der Waals surface area contributed by atoms with Gasteiger partial charge in [0.1, 0.15) is 11.6 Å². The van der Waals surface area contributed by atoms with Crippen molar-refractivity contribution in [1.29, 1.82) is 0 Å². The van der Waals surface area contributed by atoms with Crippen LogP contribution in [0.2, 0.25) is 0 Å². The number of alkyl halides is 3. The number of aryl methyl sites for hydroxylation is 1. The van der Waals surface area contributed by atoms with Gasteiger partial charge in [0, 0.05) is 23.7 Å². The molecule has 0 unspecified atom stereocenters. The molecule has 0 aliphatic carbocycles. The average molecular weight is 392 g/mol. The van der Waals surface area contributed by atoms with Gasteiger partial charge in [0.25, 0.3) is 5.56 Å². The first kappa shape index (κ1) is 19.7. The number of hydrogen-bond donors (Lipinski definition) is 1. The molecule has 0 bridgehead atoms. The van der Waals surface area contributed by atoms with E-state index in [0.29, 0.717) is 29.2 Å². The molecule has 1 aromatic carbocycles. The van der Waals surface area contributed by atoms with Crippen LogP contribution in [0.3, 0.4) is 0 Å². The van der Waals surface area contributed by atoms with Gasteiger partial charge in [-0.2, -0.15) is 18.3 Å². The second-order valence-electron chi connectivity index (χ2n) is 6.28. The van der Waals surface area contributed by atoms with Crippen LogP contribution in [-0.4, -0.2) is 32.5 Å². The van der Waals surface area contributed by atoms with Crippen LogP contribution in [0.1, 0.15) is 24.7 Å². The van der Waals surface area contributed by atoms with Crippen molar-refractivity contribution in [3.63, 3.8) is 0 Å². The fourth-order valence-corrected chi connectivity index (χ4v) is 2.82. The van der Waals surface area contributed by atoms with Crippen molar-refractivity contribution in [3.8, 4) is 22.7 Å². The Balaban J connectivity index is 2.01. The monoisotopic (exact) mass is 392 g/mol. The minimum Gasteiger partial charge on any atom is -0.484 e. The fourth-order valence-electron chi connectivity index (χ4n) is 2.82. The molecule has 3 rings (SSSR count). The lowest BCUT2D eigenvalue weighted by Crippen LogP contribution is -2.26.